The van der Waals surface area contributed by atoms with Gasteiger partial charge in [-0.05, 0) is 55.8 Å². The summed E-state index contributed by atoms with van der Waals surface area (Å²) in [6, 6.07) is 12.5. The van der Waals surface area contributed by atoms with Crippen LogP contribution >= 0.6 is 11.6 Å². The number of hydrogen-bond donors (Lipinski definition) is 1. The van der Waals surface area contributed by atoms with Crippen molar-refractivity contribution in [1.29, 1.82) is 0 Å². The summed E-state index contributed by atoms with van der Waals surface area (Å²) >= 11 is 5.86. The smallest absolute Gasteiger partial charge is 0.263 e. The zero-order valence-corrected chi connectivity index (χ0v) is 14.9. The number of benzene rings is 2. The van der Waals surface area contributed by atoms with Crippen LogP contribution in [-0.2, 0) is 11.3 Å². The molecule has 1 heterocycles. The summed E-state index contributed by atoms with van der Waals surface area (Å²) < 4.78 is 16.8. The molecule has 0 fully saturated rings. The van der Waals surface area contributed by atoms with Gasteiger partial charge in [-0.25, -0.2) is 0 Å². The molecule has 0 bridgehead atoms. The number of carbonyl (C=O) groups excluding carboxylic acids is 1. The van der Waals surface area contributed by atoms with Crippen molar-refractivity contribution in [3.63, 3.8) is 0 Å². The van der Waals surface area contributed by atoms with Crippen LogP contribution in [0.5, 0.6) is 17.2 Å². The summed E-state index contributed by atoms with van der Waals surface area (Å²) in [4.78, 5) is 12.5. The standard InChI is InChI=1S/C19H20ClNO4/c1-19(2,25-15-6-4-14(20)5-7-15)18(22)21-12-13-3-8-16-17(11-13)24-10-9-23-16/h3-8,11H,9-10,12H2,1-2H3,(H,21,22). The Balaban J connectivity index is 1.60. The quantitative estimate of drug-likeness (QED) is 0.884. The number of halogens is 1. The van der Waals surface area contributed by atoms with Gasteiger partial charge >= 0.3 is 0 Å². The van der Waals surface area contributed by atoms with Gasteiger partial charge in [0.15, 0.2) is 17.1 Å². The monoisotopic (exact) mass is 361 g/mol. The van der Waals surface area contributed by atoms with Crippen LogP contribution in [0.3, 0.4) is 0 Å². The van der Waals surface area contributed by atoms with Gasteiger partial charge in [-0.3, -0.25) is 4.79 Å². The Hall–Kier alpha value is -2.40. The predicted octanol–water partition coefficient (Wildman–Crippen LogP) is 3.59. The molecule has 3 rings (SSSR count). The van der Waals surface area contributed by atoms with E-state index in [1.165, 1.54) is 0 Å². The SMILES string of the molecule is CC(C)(Oc1ccc(Cl)cc1)C(=O)NCc1ccc2c(c1)OCCO2. The summed E-state index contributed by atoms with van der Waals surface area (Å²) in [6.07, 6.45) is 0. The highest BCUT2D eigenvalue weighted by Crippen LogP contribution is 2.30. The third-order valence-electron chi connectivity index (χ3n) is 3.79. The molecule has 0 aliphatic carbocycles. The third-order valence-corrected chi connectivity index (χ3v) is 4.05. The van der Waals surface area contributed by atoms with Gasteiger partial charge < -0.3 is 19.5 Å². The molecule has 25 heavy (non-hydrogen) atoms. The van der Waals surface area contributed by atoms with Gasteiger partial charge in [-0.2, -0.15) is 0 Å². The fraction of sp³-hybridized carbons (Fsp3) is 0.316. The van der Waals surface area contributed by atoms with Crippen LogP contribution in [-0.4, -0.2) is 24.7 Å². The Kier molecular flexibility index (Phi) is 5.04. The molecule has 1 amide bonds. The topological polar surface area (TPSA) is 56.8 Å². The van der Waals surface area contributed by atoms with E-state index in [4.69, 9.17) is 25.8 Å². The highest BCUT2D eigenvalue weighted by molar-refractivity contribution is 6.30. The number of carbonyl (C=O) groups is 1. The Morgan fingerprint density at radius 3 is 2.52 bits per heavy atom. The Morgan fingerprint density at radius 1 is 1.12 bits per heavy atom. The normalized spacial score (nSPS) is 13.2. The minimum atomic E-state index is -1.01. The lowest BCUT2D eigenvalue weighted by Crippen LogP contribution is -2.46. The maximum atomic E-state index is 12.5. The van der Waals surface area contributed by atoms with Crippen LogP contribution in [0.15, 0.2) is 42.5 Å². The maximum absolute atomic E-state index is 12.5. The molecule has 1 aliphatic rings. The van der Waals surface area contributed by atoms with Crippen LogP contribution in [0.25, 0.3) is 0 Å². The molecule has 2 aromatic rings. The number of hydrogen-bond acceptors (Lipinski definition) is 4. The number of ether oxygens (including phenoxy) is 3. The van der Waals surface area contributed by atoms with Crippen molar-refractivity contribution in [2.45, 2.75) is 26.0 Å². The molecular formula is C19H20ClNO4. The van der Waals surface area contributed by atoms with Gasteiger partial charge in [0.25, 0.3) is 5.91 Å². The van der Waals surface area contributed by atoms with Crippen LogP contribution < -0.4 is 19.5 Å². The molecule has 132 valence electrons. The lowest BCUT2D eigenvalue weighted by molar-refractivity contribution is -0.134. The van der Waals surface area contributed by atoms with Crippen LogP contribution in [0.1, 0.15) is 19.4 Å². The molecule has 0 atom stereocenters. The molecule has 0 radical (unpaired) electrons. The highest BCUT2D eigenvalue weighted by atomic mass is 35.5. The average Bonchev–Trinajstić information content (AvgIpc) is 2.61. The average molecular weight is 362 g/mol. The summed E-state index contributed by atoms with van der Waals surface area (Å²) in [6.45, 7) is 4.91. The van der Waals surface area contributed by atoms with Crippen LogP contribution in [0.4, 0.5) is 0 Å². The van der Waals surface area contributed by atoms with E-state index in [1.807, 2.05) is 18.2 Å². The molecular weight excluding hydrogens is 342 g/mol. The lowest BCUT2D eigenvalue weighted by Gasteiger charge is -2.25. The molecule has 1 N–H and O–H groups in total. The molecule has 0 saturated carbocycles. The van der Waals surface area contributed by atoms with Gasteiger partial charge in [0.05, 0.1) is 0 Å². The van der Waals surface area contributed by atoms with E-state index in [9.17, 15) is 4.79 Å². The Morgan fingerprint density at radius 2 is 1.80 bits per heavy atom. The third kappa shape index (κ3) is 4.37. The largest absolute Gasteiger partial charge is 0.486 e. The highest BCUT2D eigenvalue weighted by Gasteiger charge is 2.29. The van der Waals surface area contributed by atoms with Crippen molar-refractivity contribution in [2.24, 2.45) is 0 Å². The summed E-state index contributed by atoms with van der Waals surface area (Å²) in [5, 5.41) is 3.51. The minimum absolute atomic E-state index is 0.211. The number of amides is 1. The van der Waals surface area contributed by atoms with Gasteiger partial charge in [-0.15, -0.1) is 0 Å². The zero-order chi connectivity index (χ0) is 17.9. The second-order valence-electron chi connectivity index (χ2n) is 6.23. The van der Waals surface area contributed by atoms with Gasteiger partial charge in [0.1, 0.15) is 19.0 Å². The van der Waals surface area contributed by atoms with E-state index in [2.05, 4.69) is 5.32 Å². The number of rotatable bonds is 5. The van der Waals surface area contributed by atoms with E-state index >= 15 is 0 Å². The van der Waals surface area contributed by atoms with E-state index in [0.717, 1.165) is 11.3 Å². The fourth-order valence-corrected chi connectivity index (χ4v) is 2.56. The summed E-state index contributed by atoms with van der Waals surface area (Å²) in [7, 11) is 0. The van der Waals surface area contributed by atoms with Crippen LogP contribution in [0, 0.1) is 0 Å². The molecule has 5 nitrogen and oxygen atoms in total. The first-order valence-corrected chi connectivity index (χ1v) is 8.43. The summed E-state index contributed by atoms with van der Waals surface area (Å²) in [5.74, 6) is 1.81. The number of nitrogens with one attached hydrogen (secondary N) is 1. The first kappa shape index (κ1) is 17.4. The Labute approximate surface area is 151 Å². The van der Waals surface area contributed by atoms with Crippen molar-refractivity contribution in [3.05, 3.63) is 53.1 Å². The molecule has 6 heteroatoms. The predicted molar refractivity (Wildman–Crippen MR) is 95.4 cm³/mol. The molecule has 2 aromatic carbocycles. The second kappa shape index (κ2) is 7.23. The minimum Gasteiger partial charge on any atom is -0.486 e. The zero-order valence-electron chi connectivity index (χ0n) is 14.2. The fourth-order valence-electron chi connectivity index (χ4n) is 2.44. The molecule has 0 aromatic heterocycles. The van der Waals surface area contributed by atoms with E-state index in [0.29, 0.717) is 36.3 Å². The Bertz CT molecular complexity index is 759. The lowest BCUT2D eigenvalue weighted by atomic mass is 10.1. The van der Waals surface area contributed by atoms with Crippen LogP contribution in [0.2, 0.25) is 5.02 Å². The van der Waals surface area contributed by atoms with Crippen molar-refractivity contribution >= 4 is 17.5 Å². The number of fused-ring (bicyclic) bond motifs is 1. The molecule has 0 saturated heterocycles. The van der Waals surface area contributed by atoms with Crippen molar-refractivity contribution in [1.82, 2.24) is 5.32 Å². The van der Waals surface area contributed by atoms with E-state index in [-0.39, 0.29) is 5.91 Å². The second-order valence-corrected chi connectivity index (χ2v) is 6.66. The van der Waals surface area contributed by atoms with Gasteiger partial charge in [0.2, 0.25) is 0 Å². The van der Waals surface area contributed by atoms with E-state index in [1.54, 1.807) is 38.1 Å². The molecule has 0 spiro atoms. The van der Waals surface area contributed by atoms with Crippen molar-refractivity contribution < 1.29 is 19.0 Å². The van der Waals surface area contributed by atoms with Gasteiger partial charge in [-0.1, -0.05) is 17.7 Å². The molecule has 0 unspecified atom stereocenters. The van der Waals surface area contributed by atoms with E-state index < -0.39 is 5.60 Å². The van der Waals surface area contributed by atoms with Crippen molar-refractivity contribution in [2.75, 3.05) is 13.2 Å². The van der Waals surface area contributed by atoms with Gasteiger partial charge in [0, 0.05) is 11.6 Å². The first-order valence-electron chi connectivity index (χ1n) is 8.05. The summed E-state index contributed by atoms with van der Waals surface area (Å²) in [5.41, 5.74) is -0.0818. The maximum Gasteiger partial charge on any atom is 0.263 e. The molecule has 1 aliphatic heterocycles. The first-order chi connectivity index (χ1) is 11.9. The van der Waals surface area contributed by atoms with Crippen molar-refractivity contribution in [3.8, 4) is 17.2 Å².